The molecule has 1 saturated carbocycles. The van der Waals surface area contributed by atoms with Crippen LogP contribution in [0.15, 0.2) is 0 Å². The summed E-state index contributed by atoms with van der Waals surface area (Å²) in [6, 6.07) is 0. The maximum absolute atomic E-state index is 12.8. The molecule has 0 atom stereocenters. The molecule has 134 valence electrons. The number of rotatable bonds is 4. The van der Waals surface area contributed by atoms with Gasteiger partial charge >= 0.3 is 6.09 Å². The lowest BCUT2D eigenvalue weighted by molar-refractivity contribution is 0.168. The minimum Gasteiger partial charge on any atom is -0.450 e. The van der Waals surface area contributed by atoms with Gasteiger partial charge < -0.3 is 4.74 Å². The fraction of sp³-hybridized carbons (Fsp3) is 0.733. The normalized spacial score (nSPS) is 19.7. The molecular weight excluding hydrogens is 350 g/mol. The van der Waals surface area contributed by atoms with Crippen molar-refractivity contribution in [1.82, 2.24) is 9.29 Å². The van der Waals surface area contributed by atoms with Crippen LogP contribution in [0.1, 0.15) is 49.6 Å². The molecule has 1 N–H and O–H groups in total. The molecule has 1 aromatic rings. The van der Waals surface area contributed by atoms with Gasteiger partial charge in [-0.3, -0.25) is 5.32 Å². The van der Waals surface area contributed by atoms with Gasteiger partial charge in [-0.25, -0.2) is 18.2 Å². The van der Waals surface area contributed by atoms with E-state index in [4.69, 9.17) is 4.74 Å². The molecule has 9 heteroatoms. The second kappa shape index (κ2) is 7.37. The smallest absolute Gasteiger partial charge is 0.413 e. The Morgan fingerprint density at radius 3 is 2.83 bits per heavy atom. The number of thiazole rings is 1. The number of aromatic nitrogens is 1. The van der Waals surface area contributed by atoms with Crippen molar-refractivity contribution in [3.05, 3.63) is 10.6 Å². The Labute approximate surface area is 146 Å². The van der Waals surface area contributed by atoms with Gasteiger partial charge in [-0.05, 0) is 19.8 Å². The number of nitrogens with zero attached hydrogens (tertiary/aromatic N) is 2. The largest absolute Gasteiger partial charge is 0.450 e. The molecule has 0 aromatic carbocycles. The van der Waals surface area contributed by atoms with Gasteiger partial charge in [0.2, 0.25) is 10.0 Å². The second-order valence-corrected chi connectivity index (χ2v) is 9.42. The molecule has 0 spiro atoms. The van der Waals surface area contributed by atoms with Gasteiger partial charge in [-0.2, -0.15) is 4.31 Å². The van der Waals surface area contributed by atoms with Crippen LogP contribution in [0.25, 0.3) is 0 Å². The van der Waals surface area contributed by atoms with E-state index in [0.717, 1.165) is 42.7 Å². The summed E-state index contributed by atoms with van der Waals surface area (Å²) in [6.45, 7) is 2.86. The second-order valence-electron chi connectivity index (χ2n) is 6.12. The molecule has 7 nitrogen and oxygen atoms in total. The van der Waals surface area contributed by atoms with E-state index < -0.39 is 16.1 Å². The zero-order valence-electron chi connectivity index (χ0n) is 13.8. The molecule has 0 unspecified atom stereocenters. The van der Waals surface area contributed by atoms with Crippen LogP contribution in [0.2, 0.25) is 0 Å². The first-order valence-electron chi connectivity index (χ1n) is 8.42. The van der Waals surface area contributed by atoms with Crippen molar-refractivity contribution >= 4 is 32.6 Å². The third kappa shape index (κ3) is 3.73. The SMILES string of the molecule is CCOC(=O)Nc1nc2c(s1)CN(S(=O)(=O)C1CCCCC1)CC2. The predicted molar refractivity (Wildman–Crippen MR) is 92.7 cm³/mol. The molecule has 3 rings (SSSR count). The van der Waals surface area contributed by atoms with E-state index in [-0.39, 0.29) is 5.25 Å². The average molecular weight is 374 g/mol. The number of sulfonamides is 1. The van der Waals surface area contributed by atoms with Crippen LogP contribution in [0, 0.1) is 0 Å². The molecule has 24 heavy (non-hydrogen) atoms. The van der Waals surface area contributed by atoms with Crippen LogP contribution in [0.3, 0.4) is 0 Å². The highest BCUT2D eigenvalue weighted by molar-refractivity contribution is 7.89. The van der Waals surface area contributed by atoms with Crippen molar-refractivity contribution in [2.75, 3.05) is 18.5 Å². The lowest BCUT2D eigenvalue weighted by atomic mass is 10.0. The molecule has 1 fully saturated rings. The first kappa shape index (κ1) is 17.6. The lowest BCUT2D eigenvalue weighted by Crippen LogP contribution is -2.42. The minimum atomic E-state index is -3.25. The summed E-state index contributed by atoms with van der Waals surface area (Å²) in [5.41, 5.74) is 0.877. The summed E-state index contributed by atoms with van der Waals surface area (Å²) < 4.78 is 32.1. The van der Waals surface area contributed by atoms with E-state index in [2.05, 4.69) is 10.3 Å². The summed E-state index contributed by atoms with van der Waals surface area (Å²) in [5.74, 6) is 0. The van der Waals surface area contributed by atoms with Crippen LogP contribution in [0.5, 0.6) is 0 Å². The zero-order chi connectivity index (χ0) is 17.2. The van der Waals surface area contributed by atoms with Crippen LogP contribution in [-0.4, -0.2) is 42.2 Å². The third-order valence-corrected chi connectivity index (χ3v) is 7.86. The van der Waals surface area contributed by atoms with Crippen LogP contribution >= 0.6 is 11.3 Å². The van der Waals surface area contributed by atoms with Gasteiger partial charge in [0.25, 0.3) is 0 Å². The van der Waals surface area contributed by atoms with Gasteiger partial charge in [0.1, 0.15) is 0 Å². The molecule has 1 aromatic heterocycles. The van der Waals surface area contributed by atoms with Crippen LogP contribution in [0.4, 0.5) is 9.93 Å². The third-order valence-electron chi connectivity index (χ3n) is 4.51. The van der Waals surface area contributed by atoms with Crippen molar-refractivity contribution in [1.29, 1.82) is 0 Å². The number of hydrogen-bond donors (Lipinski definition) is 1. The van der Waals surface area contributed by atoms with Crippen molar-refractivity contribution in [3.8, 4) is 0 Å². The maximum Gasteiger partial charge on any atom is 0.413 e. The Hall–Kier alpha value is -1.19. The van der Waals surface area contributed by atoms with E-state index in [1.54, 1.807) is 11.2 Å². The highest BCUT2D eigenvalue weighted by Gasteiger charge is 2.35. The van der Waals surface area contributed by atoms with Gasteiger partial charge in [0.05, 0.1) is 17.6 Å². The minimum absolute atomic E-state index is 0.238. The molecule has 0 bridgehead atoms. The average Bonchev–Trinajstić information content (AvgIpc) is 2.97. The Morgan fingerprint density at radius 1 is 1.38 bits per heavy atom. The Balaban J connectivity index is 1.70. The number of carbonyl (C=O) groups is 1. The van der Waals surface area contributed by atoms with Gasteiger partial charge in [-0.15, -0.1) is 0 Å². The number of hydrogen-bond acceptors (Lipinski definition) is 6. The number of anilines is 1. The molecule has 1 aliphatic carbocycles. The van der Waals surface area contributed by atoms with Crippen molar-refractivity contribution in [2.24, 2.45) is 0 Å². The van der Waals surface area contributed by atoms with Gasteiger partial charge in [0, 0.05) is 24.4 Å². The first-order valence-corrected chi connectivity index (χ1v) is 10.7. The highest BCUT2D eigenvalue weighted by Crippen LogP contribution is 2.33. The number of amides is 1. The molecule has 0 radical (unpaired) electrons. The standard InChI is InChI=1S/C15H23N3O4S2/c1-2-22-15(19)17-14-16-12-8-9-18(10-13(12)23-14)24(20,21)11-6-4-3-5-7-11/h11H,2-10H2,1H3,(H,16,17,19). The fourth-order valence-corrected chi connectivity index (χ4v) is 6.37. The summed E-state index contributed by atoms with van der Waals surface area (Å²) >= 11 is 1.33. The first-order chi connectivity index (χ1) is 11.5. The van der Waals surface area contributed by atoms with E-state index >= 15 is 0 Å². The number of ether oxygens (including phenoxy) is 1. The zero-order valence-corrected chi connectivity index (χ0v) is 15.4. The summed E-state index contributed by atoms with van der Waals surface area (Å²) in [5, 5.41) is 2.83. The Bertz CT molecular complexity index is 696. The molecule has 1 amide bonds. The van der Waals surface area contributed by atoms with Crippen molar-refractivity contribution in [3.63, 3.8) is 0 Å². The van der Waals surface area contributed by atoms with Gasteiger partial charge in [-0.1, -0.05) is 30.6 Å². The van der Waals surface area contributed by atoms with E-state index in [0.29, 0.717) is 31.2 Å². The summed E-state index contributed by atoms with van der Waals surface area (Å²) in [6.07, 6.45) is 4.72. The van der Waals surface area contributed by atoms with Gasteiger partial charge in [0.15, 0.2) is 5.13 Å². The van der Waals surface area contributed by atoms with E-state index in [9.17, 15) is 13.2 Å². The maximum atomic E-state index is 12.8. The highest BCUT2D eigenvalue weighted by atomic mass is 32.2. The molecular formula is C15H23N3O4S2. The molecule has 2 heterocycles. The summed E-state index contributed by atoms with van der Waals surface area (Å²) in [4.78, 5) is 16.8. The van der Waals surface area contributed by atoms with Crippen molar-refractivity contribution in [2.45, 2.75) is 57.2 Å². The topological polar surface area (TPSA) is 88.6 Å². The number of carbonyl (C=O) groups excluding carboxylic acids is 1. The quantitative estimate of drug-likeness (QED) is 0.877. The molecule has 0 saturated heterocycles. The van der Waals surface area contributed by atoms with E-state index in [1.165, 1.54) is 11.3 Å². The van der Waals surface area contributed by atoms with Crippen LogP contribution in [-0.2, 0) is 27.7 Å². The molecule has 1 aliphatic heterocycles. The molecule has 2 aliphatic rings. The lowest BCUT2D eigenvalue weighted by Gasteiger charge is -2.31. The van der Waals surface area contributed by atoms with Crippen LogP contribution < -0.4 is 5.32 Å². The van der Waals surface area contributed by atoms with E-state index in [1.807, 2.05) is 0 Å². The monoisotopic (exact) mass is 373 g/mol. The van der Waals surface area contributed by atoms with Crippen molar-refractivity contribution < 1.29 is 17.9 Å². The number of nitrogens with one attached hydrogen (secondary N) is 1. The predicted octanol–water partition coefficient (Wildman–Crippen LogP) is 2.73. The Morgan fingerprint density at radius 2 is 2.12 bits per heavy atom. The number of fused-ring (bicyclic) bond motifs is 1. The fourth-order valence-electron chi connectivity index (χ4n) is 3.27. The summed E-state index contributed by atoms with van der Waals surface area (Å²) in [7, 11) is -3.25. The Kier molecular flexibility index (Phi) is 5.41.